The van der Waals surface area contributed by atoms with E-state index in [-0.39, 0.29) is 5.92 Å². The quantitative estimate of drug-likeness (QED) is 0.552. The van der Waals surface area contributed by atoms with Gasteiger partial charge in [-0.25, -0.2) is 0 Å². The van der Waals surface area contributed by atoms with E-state index < -0.39 is 5.97 Å². The van der Waals surface area contributed by atoms with Crippen LogP contribution in [0.3, 0.4) is 0 Å². The fraction of sp³-hybridized carbons (Fsp3) is 0.917. The fourth-order valence-corrected chi connectivity index (χ4v) is 1.57. The van der Waals surface area contributed by atoms with Crippen LogP contribution in [0.25, 0.3) is 0 Å². The first-order valence-electron chi connectivity index (χ1n) is 6.02. The molecule has 2 N–H and O–H groups in total. The standard InChI is InChI=1S/C12H24O3/c1-11(12(14)15)9-7-5-3-2-4-6-8-10-13/h11,13H,2-10H2,1H3,(H,14,15). The third kappa shape index (κ3) is 9.73. The molecule has 0 amide bonds. The number of carbonyl (C=O) groups is 1. The van der Waals surface area contributed by atoms with E-state index in [4.69, 9.17) is 10.2 Å². The molecule has 3 heteroatoms. The highest BCUT2D eigenvalue weighted by Crippen LogP contribution is 2.12. The molecule has 1 atom stereocenters. The highest BCUT2D eigenvalue weighted by atomic mass is 16.4. The molecule has 0 saturated heterocycles. The number of aliphatic carboxylic acids is 1. The molecule has 0 aromatic rings. The molecule has 90 valence electrons. The second kappa shape index (κ2) is 9.97. The van der Waals surface area contributed by atoms with E-state index in [1.807, 2.05) is 0 Å². The summed E-state index contributed by atoms with van der Waals surface area (Å²) in [7, 11) is 0. The van der Waals surface area contributed by atoms with Crippen LogP contribution in [0.4, 0.5) is 0 Å². The van der Waals surface area contributed by atoms with Crippen molar-refractivity contribution in [1.29, 1.82) is 0 Å². The lowest BCUT2D eigenvalue weighted by atomic mass is 10.0. The molecule has 0 bridgehead atoms. The molecular weight excluding hydrogens is 192 g/mol. The van der Waals surface area contributed by atoms with E-state index in [1.54, 1.807) is 6.92 Å². The number of rotatable bonds is 10. The predicted octanol–water partition coefficient (Wildman–Crippen LogP) is 2.82. The second-order valence-electron chi connectivity index (χ2n) is 4.23. The lowest BCUT2D eigenvalue weighted by molar-refractivity contribution is -0.141. The van der Waals surface area contributed by atoms with Crippen LogP contribution < -0.4 is 0 Å². The van der Waals surface area contributed by atoms with Crippen molar-refractivity contribution < 1.29 is 15.0 Å². The Morgan fingerprint density at radius 1 is 1.00 bits per heavy atom. The first kappa shape index (κ1) is 14.4. The summed E-state index contributed by atoms with van der Waals surface area (Å²) in [4.78, 5) is 10.5. The molecule has 0 spiro atoms. The summed E-state index contributed by atoms with van der Waals surface area (Å²) in [5, 5.41) is 17.2. The van der Waals surface area contributed by atoms with E-state index in [1.165, 1.54) is 19.3 Å². The van der Waals surface area contributed by atoms with Crippen molar-refractivity contribution in [2.24, 2.45) is 5.92 Å². The zero-order chi connectivity index (χ0) is 11.5. The van der Waals surface area contributed by atoms with Crippen molar-refractivity contribution in [2.75, 3.05) is 6.61 Å². The molecular formula is C12H24O3. The van der Waals surface area contributed by atoms with Crippen molar-refractivity contribution in [3.63, 3.8) is 0 Å². The van der Waals surface area contributed by atoms with E-state index in [0.29, 0.717) is 6.61 Å². The lowest BCUT2D eigenvalue weighted by Crippen LogP contribution is -2.08. The van der Waals surface area contributed by atoms with Crippen LogP contribution in [0.1, 0.15) is 58.3 Å². The van der Waals surface area contributed by atoms with Gasteiger partial charge in [-0.15, -0.1) is 0 Å². The molecule has 0 aromatic heterocycles. The van der Waals surface area contributed by atoms with Crippen LogP contribution >= 0.6 is 0 Å². The maximum atomic E-state index is 10.5. The Bertz CT molecular complexity index is 157. The Labute approximate surface area is 92.5 Å². The van der Waals surface area contributed by atoms with Crippen LogP contribution in [-0.2, 0) is 4.79 Å². The van der Waals surface area contributed by atoms with Gasteiger partial charge in [-0.2, -0.15) is 0 Å². The van der Waals surface area contributed by atoms with Gasteiger partial charge >= 0.3 is 5.97 Å². The maximum Gasteiger partial charge on any atom is 0.306 e. The van der Waals surface area contributed by atoms with Gasteiger partial charge in [-0.05, 0) is 12.8 Å². The molecule has 0 rings (SSSR count). The molecule has 1 unspecified atom stereocenters. The number of aliphatic hydroxyl groups is 1. The highest BCUT2D eigenvalue weighted by molar-refractivity contribution is 5.69. The molecule has 0 heterocycles. The average Bonchev–Trinajstić information content (AvgIpc) is 2.21. The Balaban J connectivity index is 3.08. The van der Waals surface area contributed by atoms with Gasteiger partial charge in [0.15, 0.2) is 0 Å². The normalized spacial score (nSPS) is 12.7. The van der Waals surface area contributed by atoms with Crippen LogP contribution in [-0.4, -0.2) is 22.8 Å². The molecule has 3 nitrogen and oxygen atoms in total. The van der Waals surface area contributed by atoms with Crippen molar-refractivity contribution in [1.82, 2.24) is 0 Å². The monoisotopic (exact) mass is 216 g/mol. The summed E-state index contributed by atoms with van der Waals surface area (Å²) in [5.74, 6) is -0.877. The van der Waals surface area contributed by atoms with Crippen molar-refractivity contribution in [3.8, 4) is 0 Å². The topological polar surface area (TPSA) is 57.5 Å². The summed E-state index contributed by atoms with van der Waals surface area (Å²) in [5.41, 5.74) is 0. The molecule has 0 aromatic carbocycles. The van der Waals surface area contributed by atoms with E-state index in [2.05, 4.69) is 0 Å². The van der Waals surface area contributed by atoms with Gasteiger partial charge in [0.25, 0.3) is 0 Å². The van der Waals surface area contributed by atoms with E-state index >= 15 is 0 Å². The second-order valence-corrected chi connectivity index (χ2v) is 4.23. The predicted molar refractivity (Wildman–Crippen MR) is 60.8 cm³/mol. The van der Waals surface area contributed by atoms with Gasteiger partial charge in [0.05, 0.1) is 5.92 Å². The number of aliphatic hydroxyl groups excluding tert-OH is 1. The molecule has 0 aliphatic heterocycles. The van der Waals surface area contributed by atoms with Gasteiger partial charge in [0.2, 0.25) is 0 Å². The van der Waals surface area contributed by atoms with E-state index in [9.17, 15) is 4.79 Å². The minimum absolute atomic E-state index is 0.195. The summed E-state index contributed by atoms with van der Waals surface area (Å²) >= 11 is 0. The third-order valence-corrected chi connectivity index (χ3v) is 2.72. The molecule has 15 heavy (non-hydrogen) atoms. The minimum atomic E-state index is -0.682. The van der Waals surface area contributed by atoms with Crippen LogP contribution in [0.15, 0.2) is 0 Å². The van der Waals surface area contributed by atoms with Gasteiger partial charge < -0.3 is 10.2 Å². The lowest BCUT2D eigenvalue weighted by Gasteiger charge is -2.05. The Hall–Kier alpha value is -0.570. The Morgan fingerprint density at radius 2 is 1.47 bits per heavy atom. The fourth-order valence-electron chi connectivity index (χ4n) is 1.57. The summed E-state index contributed by atoms with van der Waals surface area (Å²) in [6.07, 6.45) is 8.57. The number of carboxylic acid groups (broad SMARTS) is 1. The molecule has 0 aliphatic carbocycles. The Morgan fingerprint density at radius 3 is 1.93 bits per heavy atom. The molecule has 0 saturated carbocycles. The smallest absolute Gasteiger partial charge is 0.306 e. The van der Waals surface area contributed by atoms with Gasteiger partial charge in [-0.3, -0.25) is 4.79 Å². The number of hydrogen-bond acceptors (Lipinski definition) is 2. The van der Waals surface area contributed by atoms with Crippen molar-refractivity contribution >= 4 is 5.97 Å². The SMILES string of the molecule is CC(CCCCCCCCCO)C(=O)O. The van der Waals surface area contributed by atoms with Gasteiger partial charge in [0, 0.05) is 6.61 Å². The molecule has 0 fully saturated rings. The van der Waals surface area contributed by atoms with Crippen LogP contribution in [0, 0.1) is 5.92 Å². The summed E-state index contributed by atoms with van der Waals surface area (Å²) < 4.78 is 0. The first-order chi connectivity index (χ1) is 7.18. The minimum Gasteiger partial charge on any atom is -0.481 e. The van der Waals surface area contributed by atoms with Gasteiger partial charge in [-0.1, -0.05) is 45.4 Å². The number of hydrogen-bond donors (Lipinski definition) is 2. The first-order valence-corrected chi connectivity index (χ1v) is 6.02. The summed E-state index contributed by atoms with van der Waals surface area (Å²) in [6, 6.07) is 0. The number of unbranched alkanes of at least 4 members (excludes halogenated alkanes) is 6. The van der Waals surface area contributed by atoms with E-state index in [0.717, 1.165) is 32.1 Å². The Kier molecular flexibility index (Phi) is 9.59. The highest BCUT2D eigenvalue weighted by Gasteiger charge is 2.09. The molecule has 0 radical (unpaired) electrons. The molecule has 0 aliphatic rings. The zero-order valence-electron chi connectivity index (χ0n) is 9.74. The van der Waals surface area contributed by atoms with Crippen LogP contribution in [0.5, 0.6) is 0 Å². The van der Waals surface area contributed by atoms with Crippen LogP contribution in [0.2, 0.25) is 0 Å². The van der Waals surface area contributed by atoms with Gasteiger partial charge in [0.1, 0.15) is 0 Å². The largest absolute Gasteiger partial charge is 0.481 e. The van der Waals surface area contributed by atoms with Crippen molar-refractivity contribution in [2.45, 2.75) is 58.3 Å². The third-order valence-electron chi connectivity index (χ3n) is 2.72. The summed E-state index contributed by atoms with van der Waals surface area (Å²) in [6.45, 7) is 2.07. The zero-order valence-corrected chi connectivity index (χ0v) is 9.74. The average molecular weight is 216 g/mol. The number of carboxylic acids is 1. The maximum absolute atomic E-state index is 10.5. The van der Waals surface area contributed by atoms with Crippen molar-refractivity contribution in [3.05, 3.63) is 0 Å².